The van der Waals surface area contributed by atoms with E-state index < -0.39 is 0 Å². The van der Waals surface area contributed by atoms with Gasteiger partial charge in [0.15, 0.2) is 11.4 Å². The lowest BCUT2D eigenvalue weighted by Crippen LogP contribution is -2.37. The molecule has 4 rings (SSSR count). The summed E-state index contributed by atoms with van der Waals surface area (Å²) in [5.74, 6) is 0. The second-order valence-corrected chi connectivity index (χ2v) is 8.73. The molecule has 148 valence electrons. The van der Waals surface area contributed by atoms with Crippen molar-refractivity contribution in [2.75, 3.05) is 11.9 Å². The molecule has 0 unspecified atom stereocenters. The predicted octanol–water partition coefficient (Wildman–Crippen LogP) is 6.59. The van der Waals surface area contributed by atoms with Gasteiger partial charge >= 0.3 is 0 Å². The lowest BCUT2D eigenvalue weighted by Gasteiger charge is -2.12. The molecule has 0 fully saturated rings. The summed E-state index contributed by atoms with van der Waals surface area (Å²) in [5.41, 5.74) is 7.97. The Morgan fingerprint density at radius 2 is 1.66 bits per heavy atom. The number of hydrogen-bond acceptors (Lipinski definition) is 2. The van der Waals surface area contributed by atoms with Gasteiger partial charge in [-0.3, -0.25) is 0 Å². The highest BCUT2D eigenvalue weighted by molar-refractivity contribution is 8.03. The van der Waals surface area contributed by atoms with Crippen LogP contribution >= 0.6 is 11.8 Å². The van der Waals surface area contributed by atoms with Gasteiger partial charge in [0.1, 0.15) is 6.54 Å². The van der Waals surface area contributed by atoms with Crippen LogP contribution in [0.5, 0.6) is 0 Å². The minimum absolute atomic E-state index is 1.11. The zero-order chi connectivity index (χ0) is 20.4. The summed E-state index contributed by atoms with van der Waals surface area (Å²) < 4.78 is 2.47. The molecule has 0 N–H and O–H groups in total. The summed E-state index contributed by atoms with van der Waals surface area (Å²) in [7, 11) is 2.13. The topological polar surface area (TPSA) is 7.12 Å². The largest absolute Gasteiger partial charge is 0.338 e. The molecule has 1 aromatic rings. The number of thioether (sulfide) groups is 1. The molecule has 3 heteroatoms. The molecular weight excluding hydrogens is 372 g/mol. The van der Waals surface area contributed by atoms with E-state index in [1.165, 1.54) is 56.5 Å². The maximum atomic E-state index is 2.47. The van der Waals surface area contributed by atoms with Crippen LogP contribution < -0.4 is 9.47 Å². The second kappa shape index (κ2) is 8.46. The zero-order valence-electron chi connectivity index (χ0n) is 17.8. The van der Waals surface area contributed by atoms with Crippen LogP contribution in [-0.4, -0.2) is 7.05 Å². The van der Waals surface area contributed by atoms with E-state index in [2.05, 4.69) is 104 Å². The van der Waals surface area contributed by atoms with Gasteiger partial charge in [0, 0.05) is 32.2 Å². The summed E-state index contributed by atoms with van der Waals surface area (Å²) in [4.78, 5) is 3.58. The smallest absolute Gasteiger partial charge is 0.186 e. The van der Waals surface area contributed by atoms with E-state index in [-0.39, 0.29) is 0 Å². The molecule has 2 nitrogen and oxygen atoms in total. The van der Waals surface area contributed by atoms with Gasteiger partial charge in [-0.15, -0.1) is 0 Å². The molecule has 2 heterocycles. The first-order valence-corrected chi connectivity index (χ1v) is 11.2. The van der Waals surface area contributed by atoms with Crippen LogP contribution in [-0.2, 0) is 6.54 Å². The monoisotopic (exact) mass is 401 g/mol. The summed E-state index contributed by atoms with van der Waals surface area (Å²) in [6.07, 6.45) is 9.01. The fourth-order valence-corrected chi connectivity index (χ4v) is 5.10. The van der Waals surface area contributed by atoms with Gasteiger partial charge in [0.25, 0.3) is 0 Å². The van der Waals surface area contributed by atoms with Gasteiger partial charge in [-0.1, -0.05) is 61.5 Å². The summed E-state index contributed by atoms with van der Waals surface area (Å²) in [5, 5.41) is 1.25. The van der Waals surface area contributed by atoms with Crippen molar-refractivity contribution in [3.8, 4) is 11.1 Å². The Labute approximate surface area is 178 Å². The van der Waals surface area contributed by atoms with Crippen molar-refractivity contribution >= 4 is 23.5 Å². The van der Waals surface area contributed by atoms with Crippen molar-refractivity contribution in [2.24, 2.45) is 0 Å². The number of aromatic nitrogens is 1. The Bertz CT molecular complexity index is 1020. The molecule has 0 aromatic heterocycles. The SMILES string of the molecule is CCCC[n+]1c(C)c2ccc(/C=C/C=C3/Sc4ccccc4N3C)ccc-2c1C. The van der Waals surface area contributed by atoms with Crippen LogP contribution in [0.15, 0.2) is 70.6 Å². The van der Waals surface area contributed by atoms with E-state index in [1.54, 1.807) is 0 Å². The number of hydrogen-bond donors (Lipinski definition) is 0. The van der Waals surface area contributed by atoms with E-state index in [0.29, 0.717) is 0 Å². The van der Waals surface area contributed by atoms with Crippen LogP contribution in [0, 0.1) is 13.8 Å². The molecule has 1 aromatic carbocycles. The number of rotatable bonds is 5. The molecule has 1 aliphatic carbocycles. The molecule has 0 amide bonds. The first-order chi connectivity index (χ1) is 14.1. The number of unbranched alkanes of at least 4 members (excludes halogenated alkanes) is 1. The number of para-hydroxylation sites is 1. The van der Waals surface area contributed by atoms with E-state index in [1.807, 2.05) is 11.8 Å². The van der Waals surface area contributed by atoms with Gasteiger partial charge in [0.2, 0.25) is 0 Å². The highest BCUT2D eigenvalue weighted by Gasteiger charge is 2.24. The lowest BCUT2D eigenvalue weighted by atomic mass is 10.1. The third-order valence-corrected chi connectivity index (χ3v) is 6.98. The Morgan fingerprint density at radius 3 is 2.31 bits per heavy atom. The Hall–Kier alpha value is -2.52. The van der Waals surface area contributed by atoms with Gasteiger partial charge in [-0.05, 0) is 35.9 Å². The predicted molar refractivity (Wildman–Crippen MR) is 125 cm³/mol. The number of fused-ring (bicyclic) bond motifs is 2. The van der Waals surface area contributed by atoms with Crippen LogP contribution in [0.1, 0.15) is 36.7 Å². The van der Waals surface area contributed by atoms with Crippen LogP contribution in [0.2, 0.25) is 0 Å². The van der Waals surface area contributed by atoms with Crippen LogP contribution in [0.4, 0.5) is 5.69 Å². The molecule has 2 aliphatic heterocycles. The number of nitrogens with zero attached hydrogens (tertiary/aromatic N) is 2. The van der Waals surface area contributed by atoms with Crippen molar-refractivity contribution in [1.29, 1.82) is 0 Å². The molecule has 29 heavy (non-hydrogen) atoms. The molecule has 3 aliphatic rings. The van der Waals surface area contributed by atoms with Crippen molar-refractivity contribution in [3.63, 3.8) is 0 Å². The first-order valence-electron chi connectivity index (χ1n) is 10.4. The van der Waals surface area contributed by atoms with Gasteiger partial charge in [0.05, 0.1) is 21.8 Å². The van der Waals surface area contributed by atoms with E-state index in [0.717, 1.165) is 6.54 Å². The maximum absolute atomic E-state index is 2.47. The number of anilines is 1. The third-order valence-electron chi connectivity index (χ3n) is 5.80. The Balaban J connectivity index is 1.57. The third kappa shape index (κ3) is 3.84. The average Bonchev–Trinajstić information content (AvgIpc) is 3.04. The van der Waals surface area contributed by atoms with E-state index in [4.69, 9.17) is 0 Å². The van der Waals surface area contributed by atoms with E-state index >= 15 is 0 Å². The zero-order valence-corrected chi connectivity index (χ0v) is 18.6. The standard InChI is InChI=1S/C26H29N2S/c1-5-6-18-28-19(2)22-16-14-21(15-17-23(22)20(28)3)10-9-13-26-27(4)24-11-7-8-12-25(24)29-26/h7-17H,5-6,18H2,1-4H3/q+1. The number of benzene rings is 1. The summed E-state index contributed by atoms with van der Waals surface area (Å²) >= 11 is 1.83. The molecule has 0 spiro atoms. The van der Waals surface area contributed by atoms with Crippen LogP contribution in [0.3, 0.4) is 0 Å². The lowest BCUT2D eigenvalue weighted by molar-refractivity contribution is -0.704. The molecular formula is C26H29N2S+. The normalized spacial score (nSPS) is 15.0. The fraction of sp³-hybridized carbons (Fsp3) is 0.269. The number of allylic oxidation sites excluding steroid dienone is 2. The van der Waals surface area contributed by atoms with Gasteiger partial charge in [-0.2, -0.15) is 4.57 Å². The second-order valence-electron chi connectivity index (χ2n) is 7.66. The van der Waals surface area contributed by atoms with Gasteiger partial charge < -0.3 is 4.90 Å². The molecule has 0 radical (unpaired) electrons. The van der Waals surface area contributed by atoms with Crippen molar-refractivity contribution in [2.45, 2.75) is 45.1 Å². The van der Waals surface area contributed by atoms with Gasteiger partial charge in [-0.25, -0.2) is 0 Å². The van der Waals surface area contributed by atoms with Crippen molar-refractivity contribution in [3.05, 3.63) is 82.7 Å². The minimum atomic E-state index is 1.11. The molecule has 0 saturated carbocycles. The minimum Gasteiger partial charge on any atom is -0.338 e. The Morgan fingerprint density at radius 1 is 0.966 bits per heavy atom. The quantitative estimate of drug-likeness (QED) is 0.445. The summed E-state index contributed by atoms with van der Waals surface area (Å²) in [6.45, 7) is 7.86. The van der Waals surface area contributed by atoms with E-state index in [9.17, 15) is 0 Å². The molecule has 0 atom stereocenters. The van der Waals surface area contributed by atoms with Crippen molar-refractivity contribution in [1.82, 2.24) is 0 Å². The highest BCUT2D eigenvalue weighted by Crippen LogP contribution is 2.44. The molecule has 0 bridgehead atoms. The van der Waals surface area contributed by atoms with Crippen molar-refractivity contribution < 1.29 is 4.57 Å². The highest BCUT2D eigenvalue weighted by atomic mass is 32.2. The fourth-order valence-electron chi connectivity index (χ4n) is 4.04. The van der Waals surface area contributed by atoms with Crippen LogP contribution in [0.25, 0.3) is 17.2 Å². The Kier molecular flexibility index (Phi) is 5.77. The summed E-state index contributed by atoms with van der Waals surface area (Å²) in [6, 6.07) is 17.6. The average molecular weight is 402 g/mol. The maximum Gasteiger partial charge on any atom is 0.186 e. The first kappa shape index (κ1) is 19.8. The molecule has 0 saturated heterocycles.